The van der Waals surface area contributed by atoms with Crippen LogP contribution in [0.5, 0.6) is 5.75 Å². The van der Waals surface area contributed by atoms with E-state index in [4.69, 9.17) is 4.74 Å². The van der Waals surface area contributed by atoms with Crippen LogP contribution in [0.3, 0.4) is 0 Å². The van der Waals surface area contributed by atoms with Crippen molar-refractivity contribution in [1.82, 2.24) is 15.1 Å². The molecule has 0 radical (unpaired) electrons. The zero-order valence-electron chi connectivity index (χ0n) is 20.3. The monoisotopic (exact) mass is 515 g/mol. The smallest absolute Gasteiger partial charge is 0.416 e. The van der Waals surface area contributed by atoms with Crippen molar-refractivity contribution < 1.29 is 37.1 Å². The quantitative estimate of drug-likeness (QED) is 0.629. The number of piperidine rings is 1. The van der Waals surface area contributed by atoms with Crippen LogP contribution in [0.4, 0.5) is 13.2 Å². The molecular formula is C26H24F3N3O5. The summed E-state index contributed by atoms with van der Waals surface area (Å²) in [6.45, 7) is 3.46. The van der Waals surface area contributed by atoms with Gasteiger partial charge in [-0.3, -0.25) is 24.5 Å². The maximum Gasteiger partial charge on any atom is 0.416 e. The van der Waals surface area contributed by atoms with E-state index >= 15 is 0 Å². The number of halogens is 3. The largest absolute Gasteiger partial charge is 0.496 e. The van der Waals surface area contributed by atoms with Gasteiger partial charge < -0.3 is 14.5 Å². The average Bonchev–Trinajstić information content (AvgIpc) is 3.31. The second-order valence-electron chi connectivity index (χ2n) is 9.48. The van der Waals surface area contributed by atoms with Crippen LogP contribution in [0.25, 0.3) is 0 Å². The summed E-state index contributed by atoms with van der Waals surface area (Å²) in [6.07, 6.45) is -4.20. The van der Waals surface area contributed by atoms with Crippen molar-refractivity contribution in [2.75, 3.05) is 7.11 Å². The molecule has 2 aromatic rings. The highest BCUT2D eigenvalue weighted by molar-refractivity contribution is 6.08. The molecule has 3 unspecified atom stereocenters. The van der Waals surface area contributed by atoms with Crippen molar-refractivity contribution in [2.45, 2.75) is 57.5 Å². The maximum atomic E-state index is 13.7. The molecule has 8 nitrogen and oxygen atoms in total. The van der Waals surface area contributed by atoms with Crippen LogP contribution in [0.1, 0.15) is 81.7 Å². The summed E-state index contributed by atoms with van der Waals surface area (Å²) in [7, 11) is 1.37. The maximum absolute atomic E-state index is 13.7. The molecule has 0 aliphatic carbocycles. The highest BCUT2D eigenvalue weighted by Crippen LogP contribution is 2.45. The van der Waals surface area contributed by atoms with E-state index in [0.29, 0.717) is 16.7 Å². The molecule has 2 aromatic carbocycles. The van der Waals surface area contributed by atoms with Crippen LogP contribution in [0.2, 0.25) is 0 Å². The molecule has 0 bridgehead atoms. The summed E-state index contributed by atoms with van der Waals surface area (Å²) in [6, 6.07) is 4.52. The van der Waals surface area contributed by atoms with Crippen LogP contribution >= 0.6 is 0 Å². The van der Waals surface area contributed by atoms with Crippen LogP contribution in [0, 0.1) is 0 Å². The number of hydrogen-bond donors (Lipinski definition) is 1. The topological polar surface area (TPSA) is 96.0 Å². The lowest BCUT2D eigenvalue weighted by molar-refractivity contribution is -0.138. The Morgan fingerprint density at radius 2 is 1.81 bits per heavy atom. The molecule has 3 aliphatic rings. The molecule has 0 spiro atoms. The molecule has 5 rings (SSSR count). The fourth-order valence-electron chi connectivity index (χ4n) is 5.62. The van der Waals surface area contributed by atoms with Gasteiger partial charge in [-0.25, -0.2) is 0 Å². The SMILES string of the molecule is COc1c(C(=O)N2Cc3cc(C(F)(F)F)ccc3C2C)ccc2c1C(C)N(C1CCC(=O)NC1=O)C2=O. The number of ether oxygens (including phenoxy) is 1. The number of carbonyl (C=O) groups is 4. The first-order valence-corrected chi connectivity index (χ1v) is 11.8. The van der Waals surface area contributed by atoms with Gasteiger partial charge in [0.1, 0.15) is 11.8 Å². The molecule has 3 aliphatic heterocycles. The summed E-state index contributed by atoms with van der Waals surface area (Å²) in [5.41, 5.74) is 1.19. The highest BCUT2D eigenvalue weighted by Gasteiger charge is 2.46. The van der Waals surface area contributed by atoms with Crippen LogP contribution in [0.15, 0.2) is 30.3 Å². The number of nitrogens with zero attached hydrogens (tertiary/aromatic N) is 2. The van der Waals surface area contributed by atoms with Crippen molar-refractivity contribution in [1.29, 1.82) is 0 Å². The van der Waals surface area contributed by atoms with Crippen molar-refractivity contribution in [3.63, 3.8) is 0 Å². The fraction of sp³-hybridized carbons (Fsp3) is 0.385. The highest BCUT2D eigenvalue weighted by atomic mass is 19.4. The number of rotatable bonds is 3. The Kier molecular flexibility index (Phi) is 5.76. The number of hydrogen-bond acceptors (Lipinski definition) is 5. The average molecular weight is 515 g/mol. The molecule has 0 saturated carbocycles. The van der Waals surface area contributed by atoms with Gasteiger partial charge in [0, 0.05) is 24.1 Å². The fourth-order valence-corrected chi connectivity index (χ4v) is 5.62. The number of methoxy groups -OCH3 is 1. The number of alkyl halides is 3. The van der Waals surface area contributed by atoms with Gasteiger partial charge in [0.05, 0.1) is 30.3 Å². The molecule has 11 heteroatoms. The lowest BCUT2D eigenvalue weighted by atomic mass is 9.98. The molecule has 4 amide bonds. The van der Waals surface area contributed by atoms with Crippen LogP contribution in [-0.4, -0.2) is 46.6 Å². The number of fused-ring (bicyclic) bond motifs is 2. The minimum absolute atomic E-state index is 0.00360. The number of benzene rings is 2. The zero-order chi connectivity index (χ0) is 26.8. The molecule has 3 atom stereocenters. The molecule has 37 heavy (non-hydrogen) atoms. The first kappa shape index (κ1) is 24.8. The molecule has 1 N–H and O–H groups in total. The number of nitrogens with one attached hydrogen (secondary N) is 1. The summed E-state index contributed by atoms with van der Waals surface area (Å²) >= 11 is 0. The third kappa shape index (κ3) is 3.84. The number of amides is 4. The summed E-state index contributed by atoms with van der Waals surface area (Å²) in [5.74, 6) is -1.63. The summed E-state index contributed by atoms with van der Waals surface area (Å²) < 4.78 is 45.2. The van der Waals surface area contributed by atoms with Gasteiger partial charge in [-0.1, -0.05) is 6.07 Å². The Bertz CT molecular complexity index is 1360. The Morgan fingerprint density at radius 1 is 1.08 bits per heavy atom. The van der Waals surface area contributed by atoms with Crippen LogP contribution in [-0.2, 0) is 22.3 Å². The molecule has 1 fully saturated rings. The summed E-state index contributed by atoms with van der Waals surface area (Å²) in [4.78, 5) is 53.9. The van der Waals surface area contributed by atoms with Gasteiger partial charge in [0.2, 0.25) is 11.8 Å². The van der Waals surface area contributed by atoms with E-state index in [0.717, 1.165) is 12.1 Å². The Hall–Kier alpha value is -3.89. The van der Waals surface area contributed by atoms with Crippen LogP contribution < -0.4 is 10.1 Å². The normalized spacial score (nSPS) is 23.2. The number of carbonyl (C=O) groups excluding carboxylic acids is 4. The molecule has 3 heterocycles. The van der Waals surface area contributed by atoms with Crippen molar-refractivity contribution in [3.8, 4) is 5.75 Å². The second-order valence-corrected chi connectivity index (χ2v) is 9.48. The van der Waals surface area contributed by atoms with Gasteiger partial charge in [-0.2, -0.15) is 13.2 Å². The third-order valence-electron chi connectivity index (χ3n) is 7.47. The Morgan fingerprint density at radius 3 is 2.46 bits per heavy atom. The third-order valence-corrected chi connectivity index (χ3v) is 7.47. The van der Waals surface area contributed by atoms with E-state index in [-0.39, 0.29) is 36.3 Å². The lowest BCUT2D eigenvalue weighted by Crippen LogP contribution is -2.53. The first-order chi connectivity index (χ1) is 17.4. The van der Waals surface area contributed by atoms with Crippen molar-refractivity contribution in [2.24, 2.45) is 0 Å². The van der Waals surface area contributed by atoms with Gasteiger partial charge >= 0.3 is 6.18 Å². The lowest BCUT2D eigenvalue weighted by Gasteiger charge is -2.33. The van der Waals surface area contributed by atoms with Gasteiger partial charge in [-0.05, 0) is 55.7 Å². The zero-order valence-corrected chi connectivity index (χ0v) is 20.3. The standard InChI is InChI=1S/C26H24F3N3O5/c1-12-16-5-4-15(26(27,28)29)10-14(16)11-31(12)24(35)18-7-6-17-21(22(18)37-3)13(2)32(25(17)36)19-8-9-20(33)30-23(19)34/h4-7,10,12-13,19H,8-9,11H2,1-3H3,(H,30,33,34). The van der Waals surface area contributed by atoms with E-state index in [1.165, 1.54) is 35.1 Å². The van der Waals surface area contributed by atoms with E-state index < -0.39 is 53.5 Å². The predicted molar refractivity (Wildman–Crippen MR) is 123 cm³/mol. The van der Waals surface area contributed by atoms with Crippen molar-refractivity contribution in [3.05, 3.63) is 63.7 Å². The molecule has 1 saturated heterocycles. The van der Waals surface area contributed by atoms with Gasteiger partial charge in [0.25, 0.3) is 11.8 Å². The van der Waals surface area contributed by atoms with E-state index in [1.807, 2.05) is 0 Å². The second kappa shape index (κ2) is 8.60. The molecule has 194 valence electrons. The van der Waals surface area contributed by atoms with E-state index in [1.54, 1.807) is 13.8 Å². The van der Waals surface area contributed by atoms with E-state index in [9.17, 15) is 32.3 Å². The van der Waals surface area contributed by atoms with E-state index in [2.05, 4.69) is 5.32 Å². The minimum atomic E-state index is -4.49. The minimum Gasteiger partial charge on any atom is -0.496 e. The Balaban J connectivity index is 1.48. The predicted octanol–water partition coefficient (Wildman–Crippen LogP) is 3.75. The molecule has 0 aromatic heterocycles. The summed E-state index contributed by atoms with van der Waals surface area (Å²) in [5, 5.41) is 2.26. The van der Waals surface area contributed by atoms with Gasteiger partial charge in [0.15, 0.2) is 0 Å². The Labute approximate surface area is 210 Å². The van der Waals surface area contributed by atoms with Gasteiger partial charge in [-0.15, -0.1) is 0 Å². The number of imide groups is 1. The molecular weight excluding hydrogens is 491 g/mol. The van der Waals surface area contributed by atoms with Crippen molar-refractivity contribution >= 4 is 23.6 Å². The first-order valence-electron chi connectivity index (χ1n) is 11.8.